The molecule has 1 aliphatic rings. The van der Waals surface area contributed by atoms with Crippen LogP contribution in [0, 0.1) is 6.92 Å². The Kier molecular flexibility index (Phi) is 5.16. The Morgan fingerprint density at radius 3 is 2.42 bits per heavy atom. The van der Waals surface area contributed by atoms with Crippen molar-refractivity contribution in [1.82, 2.24) is 4.90 Å². The zero-order valence-electron chi connectivity index (χ0n) is 14.1. The molecule has 0 bridgehead atoms. The molecule has 2 N–H and O–H groups in total. The van der Waals surface area contributed by atoms with Crippen LogP contribution in [0.3, 0.4) is 0 Å². The molecule has 1 saturated heterocycles. The normalized spacial score (nSPS) is 14.7. The Balaban J connectivity index is 1.64. The molecule has 0 saturated carbocycles. The van der Waals surface area contributed by atoms with Crippen molar-refractivity contribution < 1.29 is 9.90 Å². The fourth-order valence-corrected chi connectivity index (χ4v) is 3.12. The number of carboxylic acid groups (broad SMARTS) is 1. The van der Waals surface area contributed by atoms with Gasteiger partial charge in [0.25, 0.3) is 0 Å². The number of hydrogen-bond acceptors (Lipinski definition) is 3. The zero-order chi connectivity index (χ0) is 16.9. The predicted molar refractivity (Wildman–Crippen MR) is 96.4 cm³/mol. The van der Waals surface area contributed by atoms with Crippen molar-refractivity contribution in [2.45, 2.75) is 32.9 Å². The summed E-state index contributed by atoms with van der Waals surface area (Å²) >= 11 is 0. The van der Waals surface area contributed by atoms with Crippen LogP contribution in [0.15, 0.2) is 42.5 Å². The third-order valence-corrected chi connectivity index (χ3v) is 4.59. The van der Waals surface area contributed by atoms with Crippen molar-refractivity contribution >= 4 is 11.7 Å². The molecule has 0 unspecified atom stereocenters. The molecule has 2 aromatic rings. The van der Waals surface area contributed by atoms with Crippen LogP contribution in [0.2, 0.25) is 0 Å². The molecule has 3 rings (SSSR count). The van der Waals surface area contributed by atoms with Crippen LogP contribution in [0.25, 0.3) is 0 Å². The van der Waals surface area contributed by atoms with Gasteiger partial charge in [0.1, 0.15) is 0 Å². The number of likely N-dealkylation sites (tertiary alicyclic amines) is 1. The first-order valence-corrected chi connectivity index (χ1v) is 8.50. The van der Waals surface area contributed by atoms with E-state index >= 15 is 0 Å². The molecule has 4 nitrogen and oxygen atoms in total. The lowest BCUT2D eigenvalue weighted by atomic mass is 10.1. The van der Waals surface area contributed by atoms with Gasteiger partial charge in [0.15, 0.2) is 0 Å². The smallest absolute Gasteiger partial charge is 0.335 e. The van der Waals surface area contributed by atoms with Gasteiger partial charge in [-0.3, -0.25) is 4.90 Å². The predicted octanol–water partition coefficient (Wildman–Crippen LogP) is 3.90. The molecule has 0 atom stereocenters. The van der Waals surface area contributed by atoms with Crippen LogP contribution in [0.4, 0.5) is 5.69 Å². The van der Waals surface area contributed by atoms with Gasteiger partial charge in [-0.25, -0.2) is 4.79 Å². The molecule has 4 heteroatoms. The van der Waals surface area contributed by atoms with Crippen LogP contribution < -0.4 is 5.32 Å². The lowest BCUT2D eigenvalue weighted by Crippen LogP contribution is -2.18. The number of carboxylic acids is 1. The monoisotopic (exact) mass is 324 g/mol. The highest BCUT2D eigenvalue weighted by atomic mass is 16.4. The molecule has 24 heavy (non-hydrogen) atoms. The Morgan fingerprint density at radius 1 is 1.08 bits per heavy atom. The number of anilines is 1. The van der Waals surface area contributed by atoms with Crippen molar-refractivity contribution in [3.63, 3.8) is 0 Å². The van der Waals surface area contributed by atoms with Crippen molar-refractivity contribution in [3.8, 4) is 0 Å². The molecule has 1 heterocycles. The standard InChI is InChI=1S/C20H24N2O2/c1-15-4-5-17(14-22-10-2-3-11-22)12-19(15)21-13-16-6-8-18(9-7-16)20(23)24/h4-9,12,21H,2-3,10-11,13-14H2,1H3,(H,23,24). The molecular weight excluding hydrogens is 300 g/mol. The van der Waals surface area contributed by atoms with Crippen LogP contribution in [0.1, 0.15) is 39.9 Å². The van der Waals surface area contributed by atoms with Gasteiger partial charge in [-0.2, -0.15) is 0 Å². The Morgan fingerprint density at radius 2 is 1.75 bits per heavy atom. The van der Waals surface area contributed by atoms with E-state index in [0.717, 1.165) is 17.8 Å². The molecule has 0 spiro atoms. The molecule has 0 radical (unpaired) electrons. The van der Waals surface area contributed by atoms with Gasteiger partial charge in [-0.05, 0) is 67.7 Å². The summed E-state index contributed by atoms with van der Waals surface area (Å²) in [5, 5.41) is 12.4. The number of nitrogens with one attached hydrogen (secondary N) is 1. The molecule has 126 valence electrons. The third-order valence-electron chi connectivity index (χ3n) is 4.59. The second-order valence-corrected chi connectivity index (χ2v) is 6.49. The number of nitrogens with zero attached hydrogens (tertiary/aromatic N) is 1. The van der Waals surface area contributed by atoms with E-state index < -0.39 is 5.97 Å². The van der Waals surface area contributed by atoms with Gasteiger partial charge in [0.05, 0.1) is 5.56 Å². The molecule has 2 aromatic carbocycles. The average Bonchev–Trinajstić information content (AvgIpc) is 3.08. The highest BCUT2D eigenvalue weighted by Gasteiger charge is 2.12. The Hall–Kier alpha value is -2.33. The van der Waals surface area contributed by atoms with Crippen molar-refractivity contribution in [1.29, 1.82) is 0 Å². The van der Waals surface area contributed by atoms with Crippen molar-refractivity contribution in [2.75, 3.05) is 18.4 Å². The molecule has 0 aromatic heterocycles. The first-order chi connectivity index (χ1) is 11.6. The average molecular weight is 324 g/mol. The quantitative estimate of drug-likeness (QED) is 0.846. The summed E-state index contributed by atoms with van der Waals surface area (Å²) in [4.78, 5) is 13.4. The van der Waals surface area contributed by atoms with Gasteiger partial charge >= 0.3 is 5.97 Å². The van der Waals surface area contributed by atoms with E-state index in [-0.39, 0.29) is 0 Å². The molecule has 0 aliphatic carbocycles. The SMILES string of the molecule is Cc1ccc(CN2CCCC2)cc1NCc1ccc(C(=O)O)cc1. The fourth-order valence-electron chi connectivity index (χ4n) is 3.12. The number of aromatic carboxylic acids is 1. The van der Waals surface area contributed by atoms with E-state index in [1.165, 1.54) is 37.1 Å². The van der Waals surface area contributed by atoms with Crippen molar-refractivity contribution in [2.24, 2.45) is 0 Å². The molecule has 1 aliphatic heterocycles. The van der Waals surface area contributed by atoms with Gasteiger partial charge in [-0.1, -0.05) is 24.3 Å². The first kappa shape index (κ1) is 16.5. The maximum Gasteiger partial charge on any atom is 0.335 e. The maximum absolute atomic E-state index is 10.9. The van der Waals surface area contributed by atoms with Gasteiger partial charge in [0, 0.05) is 18.8 Å². The van der Waals surface area contributed by atoms with E-state index in [1.54, 1.807) is 12.1 Å². The lowest BCUT2D eigenvalue weighted by Gasteiger charge is -2.17. The minimum absolute atomic E-state index is 0.322. The number of rotatable bonds is 6. The first-order valence-electron chi connectivity index (χ1n) is 8.50. The summed E-state index contributed by atoms with van der Waals surface area (Å²) in [6.45, 7) is 6.21. The van der Waals surface area contributed by atoms with Crippen LogP contribution in [-0.2, 0) is 13.1 Å². The number of hydrogen-bond donors (Lipinski definition) is 2. The fraction of sp³-hybridized carbons (Fsp3) is 0.350. The molecular formula is C20H24N2O2. The second kappa shape index (κ2) is 7.49. The maximum atomic E-state index is 10.9. The van der Waals surface area contributed by atoms with E-state index in [0.29, 0.717) is 12.1 Å². The second-order valence-electron chi connectivity index (χ2n) is 6.49. The zero-order valence-corrected chi connectivity index (χ0v) is 14.1. The summed E-state index contributed by atoms with van der Waals surface area (Å²) in [7, 11) is 0. The lowest BCUT2D eigenvalue weighted by molar-refractivity contribution is 0.0697. The van der Waals surface area contributed by atoms with Crippen LogP contribution >= 0.6 is 0 Å². The van der Waals surface area contributed by atoms with Gasteiger partial charge < -0.3 is 10.4 Å². The number of benzene rings is 2. The van der Waals surface area contributed by atoms with Crippen molar-refractivity contribution in [3.05, 3.63) is 64.7 Å². The highest BCUT2D eigenvalue weighted by molar-refractivity contribution is 5.87. The summed E-state index contributed by atoms with van der Waals surface area (Å²) in [5.41, 5.74) is 5.11. The van der Waals surface area contributed by atoms with Crippen LogP contribution in [-0.4, -0.2) is 29.1 Å². The molecule has 0 amide bonds. The number of carbonyl (C=O) groups is 1. The van der Waals surface area contributed by atoms with E-state index in [1.807, 2.05) is 12.1 Å². The Labute approximate surface area is 143 Å². The largest absolute Gasteiger partial charge is 0.478 e. The van der Waals surface area contributed by atoms with Gasteiger partial charge in [-0.15, -0.1) is 0 Å². The summed E-state index contributed by atoms with van der Waals surface area (Å²) < 4.78 is 0. The third kappa shape index (κ3) is 4.15. The van der Waals surface area contributed by atoms with E-state index in [9.17, 15) is 4.79 Å². The van der Waals surface area contributed by atoms with E-state index in [4.69, 9.17) is 5.11 Å². The molecule has 1 fully saturated rings. The minimum Gasteiger partial charge on any atom is -0.478 e. The summed E-state index contributed by atoms with van der Waals surface area (Å²) in [5.74, 6) is -0.889. The topological polar surface area (TPSA) is 52.6 Å². The van der Waals surface area contributed by atoms with Crippen LogP contribution in [0.5, 0.6) is 0 Å². The number of aryl methyl sites for hydroxylation is 1. The van der Waals surface area contributed by atoms with E-state index in [2.05, 4.69) is 35.3 Å². The Bertz CT molecular complexity index is 704. The highest BCUT2D eigenvalue weighted by Crippen LogP contribution is 2.20. The summed E-state index contributed by atoms with van der Waals surface area (Å²) in [6, 6.07) is 13.6. The van der Waals surface area contributed by atoms with Gasteiger partial charge in [0.2, 0.25) is 0 Å². The summed E-state index contributed by atoms with van der Waals surface area (Å²) in [6.07, 6.45) is 2.62. The minimum atomic E-state index is -0.889.